The Morgan fingerprint density at radius 1 is 1.37 bits per heavy atom. The van der Waals surface area contributed by atoms with Crippen molar-refractivity contribution in [1.82, 2.24) is 10.2 Å². The summed E-state index contributed by atoms with van der Waals surface area (Å²) in [5.41, 5.74) is 0. The molecule has 0 aliphatic rings. The van der Waals surface area contributed by atoms with Gasteiger partial charge in [-0.1, -0.05) is 0 Å². The molecule has 0 bridgehead atoms. The molecule has 1 rings (SSSR count). The molecule has 2 N–H and O–H groups in total. The van der Waals surface area contributed by atoms with Crippen molar-refractivity contribution in [3.8, 4) is 0 Å². The quantitative estimate of drug-likeness (QED) is 0.813. The highest BCUT2D eigenvalue weighted by atomic mass is 16.4. The highest BCUT2D eigenvalue weighted by Gasteiger charge is 2.21. The third-order valence-electron chi connectivity index (χ3n) is 2.61. The van der Waals surface area contributed by atoms with Gasteiger partial charge in [-0.25, -0.2) is 4.79 Å². The number of carboxylic acid groups (broad SMARTS) is 1. The molecule has 0 fully saturated rings. The first-order valence-electron chi connectivity index (χ1n) is 5.75. The van der Waals surface area contributed by atoms with Crippen molar-refractivity contribution in [3.05, 3.63) is 23.7 Å². The van der Waals surface area contributed by atoms with Crippen LogP contribution < -0.4 is 5.32 Å². The molecule has 0 spiro atoms. The standard InChI is InChI=1S/C12H16N2O5/c1-4-14(3)11(16)7(2)13-10(15)8-5-6-9(19-8)12(17)18/h5-7H,4H2,1-3H3,(H,13,15)(H,17,18). The van der Waals surface area contributed by atoms with Gasteiger partial charge in [0.25, 0.3) is 5.91 Å². The number of nitrogens with one attached hydrogen (secondary N) is 1. The molecule has 1 aromatic heterocycles. The molecule has 0 saturated carbocycles. The van der Waals surface area contributed by atoms with E-state index < -0.39 is 17.9 Å². The largest absolute Gasteiger partial charge is 0.475 e. The molecule has 0 radical (unpaired) electrons. The number of likely N-dealkylation sites (N-methyl/N-ethyl adjacent to an activating group) is 1. The van der Waals surface area contributed by atoms with Crippen molar-refractivity contribution in [3.63, 3.8) is 0 Å². The molecule has 2 amide bonds. The molecule has 0 aromatic carbocycles. The Balaban J connectivity index is 2.68. The molecule has 7 heteroatoms. The van der Waals surface area contributed by atoms with Crippen LogP contribution in [0.2, 0.25) is 0 Å². The van der Waals surface area contributed by atoms with E-state index in [-0.39, 0.29) is 17.4 Å². The van der Waals surface area contributed by atoms with E-state index in [0.29, 0.717) is 6.54 Å². The maximum absolute atomic E-state index is 11.7. The lowest BCUT2D eigenvalue weighted by atomic mass is 10.2. The van der Waals surface area contributed by atoms with E-state index in [1.165, 1.54) is 17.0 Å². The molecule has 0 saturated heterocycles. The maximum atomic E-state index is 11.7. The first kappa shape index (κ1) is 14.7. The molecule has 0 aliphatic carbocycles. The third-order valence-corrected chi connectivity index (χ3v) is 2.61. The number of carbonyl (C=O) groups is 3. The van der Waals surface area contributed by atoms with Crippen LogP contribution in [0.5, 0.6) is 0 Å². The van der Waals surface area contributed by atoms with E-state index in [1.54, 1.807) is 14.0 Å². The van der Waals surface area contributed by atoms with Gasteiger partial charge in [0.2, 0.25) is 11.7 Å². The normalized spacial score (nSPS) is 11.7. The fraction of sp³-hybridized carbons (Fsp3) is 0.417. The molecule has 1 atom stereocenters. The zero-order valence-corrected chi connectivity index (χ0v) is 11.0. The van der Waals surface area contributed by atoms with E-state index in [9.17, 15) is 14.4 Å². The minimum absolute atomic E-state index is 0.142. The number of carbonyl (C=O) groups excluding carboxylic acids is 2. The van der Waals surface area contributed by atoms with Gasteiger partial charge in [0, 0.05) is 13.6 Å². The number of rotatable bonds is 5. The lowest BCUT2D eigenvalue weighted by Crippen LogP contribution is -2.45. The number of aromatic carboxylic acids is 1. The van der Waals surface area contributed by atoms with Crippen molar-refractivity contribution in [2.45, 2.75) is 19.9 Å². The average molecular weight is 268 g/mol. The predicted molar refractivity (Wildman–Crippen MR) is 65.9 cm³/mol. The SMILES string of the molecule is CCN(C)C(=O)C(C)NC(=O)c1ccc(C(=O)O)o1. The van der Waals surface area contributed by atoms with Gasteiger partial charge in [0.05, 0.1) is 0 Å². The van der Waals surface area contributed by atoms with Crippen LogP contribution in [0.25, 0.3) is 0 Å². The molecule has 104 valence electrons. The zero-order chi connectivity index (χ0) is 14.6. The Labute approximate surface area is 110 Å². The summed E-state index contributed by atoms with van der Waals surface area (Å²) in [4.78, 5) is 35.6. The van der Waals surface area contributed by atoms with E-state index in [1.807, 2.05) is 6.92 Å². The van der Waals surface area contributed by atoms with Gasteiger partial charge in [-0.05, 0) is 26.0 Å². The van der Waals surface area contributed by atoms with Crippen LogP contribution in [0.3, 0.4) is 0 Å². The summed E-state index contributed by atoms with van der Waals surface area (Å²) in [6.07, 6.45) is 0. The number of hydrogen-bond acceptors (Lipinski definition) is 4. The molecular weight excluding hydrogens is 252 g/mol. The van der Waals surface area contributed by atoms with Gasteiger partial charge in [-0.3, -0.25) is 9.59 Å². The minimum atomic E-state index is -1.26. The van der Waals surface area contributed by atoms with Crippen molar-refractivity contribution in [2.75, 3.05) is 13.6 Å². The fourth-order valence-corrected chi connectivity index (χ4v) is 1.39. The molecule has 1 heterocycles. The second kappa shape index (κ2) is 6.03. The number of nitrogens with zero attached hydrogens (tertiary/aromatic N) is 1. The van der Waals surface area contributed by atoms with Gasteiger partial charge in [-0.2, -0.15) is 0 Å². The van der Waals surface area contributed by atoms with Crippen LogP contribution in [0, 0.1) is 0 Å². The molecular formula is C12H16N2O5. The maximum Gasteiger partial charge on any atom is 0.371 e. The second-order valence-corrected chi connectivity index (χ2v) is 4.02. The van der Waals surface area contributed by atoms with E-state index in [0.717, 1.165) is 0 Å². The van der Waals surface area contributed by atoms with Crippen molar-refractivity contribution in [1.29, 1.82) is 0 Å². The molecule has 19 heavy (non-hydrogen) atoms. The lowest BCUT2D eigenvalue weighted by Gasteiger charge is -2.20. The first-order chi connectivity index (χ1) is 8.86. The molecule has 1 unspecified atom stereocenters. The third kappa shape index (κ3) is 3.57. The summed E-state index contributed by atoms with van der Waals surface area (Å²) >= 11 is 0. The molecule has 0 aliphatic heterocycles. The van der Waals surface area contributed by atoms with Crippen LogP contribution >= 0.6 is 0 Å². The Kier molecular flexibility index (Phi) is 4.68. The van der Waals surface area contributed by atoms with E-state index in [4.69, 9.17) is 9.52 Å². The topological polar surface area (TPSA) is 99.9 Å². The van der Waals surface area contributed by atoms with Crippen LogP contribution in [0.4, 0.5) is 0 Å². The minimum Gasteiger partial charge on any atom is -0.475 e. The Morgan fingerprint density at radius 2 is 1.95 bits per heavy atom. The van der Waals surface area contributed by atoms with Crippen molar-refractivity contribution < 1.29 is 23.9 Å². The summed E-state index contributed by atoms with van der Waals surface area (Å²) in [5.74, 6) is -2.58. The van der Waals surface area contributed by atoms with Crippen LogP contribution in [-0.2, 0) is 4.79 Å². The Morgan fingerprint density at radius 3 is 2.42 bits per heavy atom. The van der Waals surface area contributed by atoms with Gasteiger partial charge in [0.15, 0.2) is 5.76 Å². The van der Waals surface area contributed by atoms with Gasteiger partial charge >= 0.3 is 5.97 Å². The van der Waals surface area contributed by atoms with Gasteiger partial charge in [-0.15, -0.1) is 0 Å². The summed E-state index contributed by atoms with van der Waals surface area (Å²) in [5, 5.41) is 11.1. The summed E-state index contributed by atoms with van der Waals surface area (Å²) in [7, 11) is 1.63. The second-order valence-electron chi connectivity index (χ2n) is 4.02. The van der Waals surface area contributed by atoms with Crippen molar-refractivity contribution >= 4 is 17.8 Å². The summed E-state index contributed by atoms with van der Waals surface area (Å²) in [6.45, 7) is 3.90. The van der Waals surface area contributed by atoms with Crippen LogP contribution in [0.1, 0.15) is 35.0 Å². The fourth-order valence-electron chi connectivity index (χ4n) is 1.39. The number of hydrogen-bond donors (Lipinski definition) is 2. The lowest BCUT2D eigenvalue weighted by molar-refractivity contribution is -0.131. The first-order valence-corrected chi connectivity index (χ1v) is 5.75. The van der Waals surface area contributed by atoms with E-state index in [2.05, 4.69) is 5.32 Å². The Hall–Kier alpha value is -2.31. The average Bonchev–Trinajstić information content (AvgIpc) is 2.86. The Bertz CT molecular complexity index is 494. The smallest absolute Gasteiger partial charge is 0.371 e. The summed E-state index contributed by atoms with van der Waals surface area (Å²) < 4.78 is 4.84. The van der Waals surface area contributed by atoms with Crippen molar-refractivity contribution in [2.24, 2.45) is 0 Å². The van der Waals surface area contributed by atoms with Gasteiger partial charge in [0.1, 0.15) is 6.04 Å². The monoisotopic (exact) mass is 268 g/mol. The molecule has 7 nitrogen and oxygen atoms in total. The van der Waals surface area contributed by atoms with Gasteiger partial charge < -0.3 is 19.7 Å². The predicted octanol–water partition coefficient (Wildman–Crippen LogP) is 0.574. The number of carboxylic acids is 1. The zero-order valence-electron chi connectivity index (χ0n) is 11.0. The summed E-state index contributed by atoms with van der Waals surface area (Å²) in [6, 6.07) is 1.72. The number of furan rings is 1. The van der Waals surface area contributed by atoms with Crippen LogP contribution in [0.15, 0.2) is 16.5 Å². The highest BCUT2D eigenvalue weighted by molar-refractivity contribution is 5.96. The number of amides is 2. The van der Waals surface area contributed by atoms with E-state index >= 15 is 0 Å². The highest BCUT2D eigenvalue weighted by Crippen LogP contribution is 2.08. The molecule has 1 aromatic rings. The van der Waals surface area contributed by atoms with Crippen LogP contribution in [-0.4, -0.2) is 47.4 Å².